The Labute approximate surface area is 173 Å². The van der Waals surface area contributed by atoms with Gasteiger partial charge in [-0.1, -0.05) is 36.4 Å². The van der Waals surface area contributed by atoms with Gasteiger partial charge < -0.3 is 14.9 Å². The summed E-state index contributed by atoms with van der Waals surface area (Å²) in [7, 11) is 6.07. The number of nitrogens with one attached hydrogen (secondary N) is 1. The summed E-state index contributed by atoms with van der Waals surface area (Å²) in [6.07, 6.45) is 2.22. The van der Waals surface area contributed by atoms with Gasteiger partial charge >= 0.3 is 0 Å². The normalized spacial score (nSPS) is 16.3. The first-order valence-corrected chi connectivity index (χ1v) is 9.85. The SMILES string of the molecule is [B]N1CCC[C@H]1CNc1ccc(-c2ccccc2)cc1Oc1ccc(C#N)cc1. The molecule has 1 saturated heterocycles. The van der Waals surface area contributed by atoms with Crippen LogP contribution in [-0.4, -0.2) is 31.9 Å². The van der Waals surface area contributed by atoms with E-state index < -0.39 is 0 Å². The van der Waals surface area contributed by atoms with Crippen LogP contribution in [0, 0.1) is 11.3 Å². The first-order valence-electron chi connectivity index (χ1n) is 9.85. The van der Waals surface area contributed by atoms with Crippen LogP contribution in [0.25, 0.3) is 11.1 Å². The minimum atomic E-state index is 0.326. The van der Waals surface area contributed by atoms with Gasteiger partial charge in [-0.2, -0.15) is 5.26 Å². The van der Waals surface area contributed by atoms with Gasteiger partial charge in [-0.25, -0.2) is 0 Å². The molecular formula is C24H22BN3O. The van der Waals surface area contributed by atoms with E-state index in [0.29, 0.717) is 17.4 Å². The topological polar surface area (TPSA) is 48.3 Å². The van der Waals surface area contributed by atoms with Crippen LogP contribution >= 0.6 is 0 Å². The Balaban J connectivity index is 1.60. The average molecular weight is 379 g/mol. The van der Waals surface area contributed by atoms with E-state index in [-0.39, 0.29) is 0 Å². The molecule has 0 saturated carbocycles. The van der Waals surface area contributed by atoms with Crippen LogP contribution in [0.5, 0.6) is 11.5 Å². The molecule has 3 aromatic carbocycles. The van der Waals surface area contributed by atoms with E-state index in [1.165, 1.54) is 0 Å². The van der Waals surface area contributed by atoms with Gasteiger partial charge in [0.05, 0.1) is 17.3 Å². The highest BCUT2D eigenvalue weighted by Gasteiger charge is 2.20. The van der Waals surface area contributed by atoms with Crippen molar-refractivity contribution in [2.75, 3.05) is 18.4 Å². The molecule has 1 fully saturated rings. The summed E-state index contributed by atoms with van der Waals surface area (Å²) in [4.78, 5) is 1.91. The van der Waals surface area contributed by atoms with Gasteiger partial charge in [0, 0.05) is 12.6 Å². The van der Waals surface area contributed by atoms with Crippen LogP contribution in [0.3, 0.4) is 0 Å². The van der Waals surface area contributed by atoms with Crippen molar-refractivity contribution in [3.8, 4) is 28.7 Å². The van der Waals surface area contributed by atoms with Crippen molar-refractivity contribution < 1.29 is 4.74 Å². The zero-order valence-corrected chi connectivity index (χ0v) is 16.2. The number of hydrogen-bond acceptors (Lipinski definition) is 4. The Morgan fingerprint density at radius 2 is 1.83 bits per heavy atom. The molecule has 0 bridgehead atoms. The first kappa shape index (κ1) is 19.1. The minimum Gasteiger partial charge on any atom is -0.455 e. The average Bonchev–Trinajstić information content (AvgIpc) is 3.18. The van der Waals surface area contributed by atoms with Crippen LogP contribution in [0.2, 0.25) is 0 Å². The van der Waals surface area contributed by atoms with Gasteiger partial charge in [0.25, 0.3) is 0 Å². The van der Waals surface area contributed by atoms with Gasteiger partial charge in [0.1, 0.15) is 5.75 Å². The van der Waals surface area contributed by atoms with E-state index >= 15 is 0 Å². The first-order chi connectivity index (χ1) is 14.2. The van der Waals surface area contributed by atoms with Crippen molar-refractivity contribution in [3.05, 3.63) is 78.4 Å². The maximum atomic E-state index is 9.00. The highest BCUT2D eigenvalue weighted by molar-refractivity contribution is 6.04. The van der Waals surface area contributed by atoms with Gasteiger partial charge in [0.2, 0.25) is 0 Å². The highest BCUT2D eigenvalue weighted by Crippen LogP contribution is 2.34. The molecule has 5 heteroatoms. The van der Waals surface area contributed by atoms with Crippen molar-refractivity contribution in [3.63, 3.8) is 0 Å². The lowest BCUT2D eigenvalue weighted by molar-refractivity contribution is 0.434. The fourth-order valence-electron chi connectivity index (χ4n) is 3.59. The van der Waals surface area contributed by atoms with Crippen LogP contribution in [0.15, 0.2) is 72.8 Å². The zero-order valence-electron chi connectivity index (χ0n) is 16.2. The van der Waals surface area contributed by atoms with Crippen molar-refractivity contribution in [1.29, 1.82) is 5.26 Å². The molecule has 1 atom stereocenters. The number of hydrogen-bond donors (Lipinski definition) is 1. The van der Waals surface area contributed by atoms with E-state index in [9.17, 15) is 0 Å². The number of nitrogens with zero attached hydrogens (tertiary/aromatic N) is 2. The third kappa shape index (κ3) is 4.61. The van der Waals surface area contributed by atoms with E-state index in [1.54, 1.807) is 12.1 Å². The fourth-order valence-corrected chi connectivity index (χ4v) is 3.59. The number of benzene rings is 3. The summed E-state index contributed by atoms with van der Waals surface area (Å²) in [5, 5.41) is 12.5. The molecule has 1 N–H and O–H groups in total. The van der Waals surface area contributed by atoms with Gasteiger partial charge in [-0.05, 0) is 66.9 Å². The molecule has 0 aromatic heterocycles. The molecule has 0 spiro atoms. The Hall–Kier alpha value is -3.23. The second kappa shape index (κ2) is 8.85. The monoisotopic (exact) mass is 379 g/mol. The third-order valence-corrected chi connectivity index (χ3v) is 5.25. The molecular weight excluding hydrogens is 357 g/mol. The number of rotatable bonds is 6. The summed E-state index contributed by atoms with van der Waals surface area (Å²) in [5.74, 6) is 1.44. The van der Waals surface area contributed by atoms with Gasteiger partial charge in [-0.15, -0.1) is 0 Å². The Morgan fingerprint density at radius 1 is 1.03 bits per heavy atom. The zero-order chi connectivity index (χ0) is 20.1. The van der Waals surface area contributed by atoms with E-state index in [4.69, 9.17) is 18.0 Å². The molecule has 4 nitrogen and oxygen atoms in total. The maximum Gasteiger partial charge on any atom is 0.182 e. The molecule has 1 aliphatic heterocycles. The summed E-state index contributed by atoms with van der Waals surface area (Å²) in [6, 6.07) is 26.0. The lowest BCUT2D eigenvalue weighted by atomic mass is 10.0. The molecule has 0 amide bonds. The summed E-state index contributed by atoms with van der Waals surface area (Å²) in [6.45, 7) is 1.71. The molecule has 3 aromatic rings. The Morgan fingerprint density at radius 3 is 2.52 bits per heavy atom. The van der Waals surface area contributed by atoms with Crippen LogP contribution in [0.4, 0.5) is 5.69 Å². The van der Waals surface area contributed by atoms with Crippen LogP contribution in [-0.2, 0) is 0 Å². The van der Waals surface area contributed by atoms with Crippen LogP contribution in [0.1, 0.15) is 18.4 Å². The van der Waals surface area contributed by atoms with E-state index in [2.05, 4.69) is 35.7 Å². The second-order valence-corrected chi connectivity index (χ2v) is 7.23. The van der Waals surface area contributed by atoms with Gasteiger partial charge in [-0.3, -0.25) is 0 Å². The fraction of sp³-hybridized carbons (Fsp3) is 0.208. The molecule has 0 aliphatic carbocycles. The third-order valence-electron chi connectivity index (χ3n) is 5.25. The second-order valence-electron chi connectivity index (χ2n) is 7.23. The lowest BCUT2D eigenvalue weighted by Crippen LogP contribution is -2.32. The summed E-state index contributed by atoms with van der Waals surface area (Å²) in [5.41, 5.74) is 3.75. The summed E-state index contributed by atoms with van der Waals surface area (Å²) < 4.78 is 6.20. The Bertz CT molecular complexity index is 999. The lowest BCUT2D eigenvalue weighted by Gasteiger charge is -2.22. The molecule has 0 unspecified atom stereocenters. The molecule has 1 heterocycles. The molecule has 4 rings (SSSR count). The van der Waals surface area contributed by atoms with Gasteiger partial charge in [0.15, 0.2) is 13.7 Å². The van der Waals surface area contributed by atoms with Crippen molar-refractivity contribution >= 4 is 13.7 Å². The standard InChI is InChI=1S/C24H22BN3O/c25-28-14-4-7-21(28)17-27-23-13-10-20(19-5-2-1-3-6-19)15-24(23)29-22-11-8-18(16-26)9-12-22/h1-3,5-6,8-13,15,21,27H,4,7,14,17H2/t21-/m0/s1. The predicted octanol–water partition coefficient (Wildman–Crippen LogP) is 4.98. The largest absolute Gasteiger partial charge is 0.455 e. The quantitative estimate of drug-likeness (QED) is 0.614. The number of anilines is 1. The van der Waals surface area contributed by atoms with Crippen molar-refractivity contribution in [2.45, 2.75) is 18.9 Å². The number of nitriles is 1. The molecule has 142 valence electrons. The van der Waals surface area contributed by atoms with Crippen molar-refractivity contribution in [1.82, 2.24) is 4.81 Å². The highest BCUT2D eigenvalue weighted by atomic mass is 16.5. The number of ether oxygens (including phenoxy) is 1. The Kier molecular flexibility index (Phi) is 5.83. The molecule has 2 radical (unpaired) electrons. The van der Waals surface area contributed by atoms with E-state index in [0.717, 1.165) is 48.5 Å². The van der Waals surface area contributed by atoms with Crippen LogP contribution < -0.4 is 10.1 Å². The molecule has 29 heavy (non-hydrogen) atoms. The predicted molar refractivity (Wildman–Crippen MR) is 117 cm³/mol. The van der Waals surface area contributed by atoms with Crippen molar-refractivity contribution in [2.24, 2.45) is 0 Å². The smallest absolute Gasteiger partial charge is 0.182 e. The molecule has 1 aliphatic rings. The minimum absolute atomic E-state index is 0.326. The summed E-state index contributed by atoms with van der Waals surface area (Å²) >= 11 is 0. The maximum absolute atomic E-state index is 9.00. The van der Waals surface area contributed by atoms with E-state index in [1.807, 2.05) is 41.2 Å².